The largest absolute Gasteiger partial charge is 0.491 e. The van der Waals surface area contributed by atoms with Gasteiger partial charge < -0.3 is 15.2 Å². The summed E-state index contributed by atoms with van der Waals surface area (Å²) < 4.78 is 5.54. The molecule has 1 aromatic rings. The second-order valence-electron chi connectivity index (χ2n) is 4.05. The first kappa shape index (κ1) is 14.3. The number of nitrogens with one attached hydrogen (secondary N) is 1. The number of halogens is 1. The number of hydrogen-bond donors (Lipinski definition) is 2. The Morgan fingerprint density at radius 1 is 1.47 bits per heavy atom. The zero-order valence-electron chi connectivity index (χ0n) is 10.4. The summed E-state index contributed by atoms with van der Waals surface area (Å²) in [6, 6.07) is 5.57. The molecule has 0 aliphatic carbocycles. The van der Waals surface area contributed by atoms with Crippen molar-refractivity contribution < 1.29 is 9.84 Å². The van der Waals surface area contributed by atoms with E-state index in [1.165, 1.54) is 0 Å². The minimum Gasteiger partial charge on any atom is -0.491 e. The number of aliphatic hydroxyl groups is 1. The first-order chi connectivity index (χ1) is 8.15. The Hall–Kier alpha value is -0.770. The summed E-state index contributed by atoms with van der Waals surface area (Å²) in [6.07, 6.45) is 0.597. The first-order valence-corrected chi connectivity index (χ1v) is 6.32. The van der Waals surface area contributed by atoms with E-state index in [1.54, 1.807) is 6.92 Å². The van der Waals surface area contributed by atoms with Gasteiger partial charge in [0.15, 0.2) is 0 Å². The molecule has 0 saturated heterocycles. The topological polar surface area (TPSA) is 41.5 Å². The van der Waals surface area contributed by atoms with Crippen molar-refractivity contribution in [2.45, 2.75) is 32.9 Å². The van der Waals surface area contributed by atoms with E-state index < -0.39 is 6.10 Å². The van der Waals surface area contributed by atoms with E-state index in [1.807, 2.05) is 18.2 Å². The predicted octanol–water partition coefficient (Wildman–Crippen LogP) is 2.60. The highest BCUT2D eigenvalue weighted by molar-refractivity contribution is 6.31. The van der Waals surface area contributed by atoms with Gasteiger partial charge in [0.25, 0.3) is 0 Å². The molecule has 0 aliphatic rings. The highest BCUT2D eigenvalue weighted by Crippen LogP contribution is 2.26. The molecule has 0 heterocycles. The van der Waals surface area contributed by atoms with Crippen molar-refractivity contribution in [1.29, 1.82) is 0 Å². The van der Waals surface area contributed by atoms with Crippen LogP contribution in [-0.4, -0.2) is 24.4 Å². The van der Waals surface area contributed by atoms with Crippen LogP contribution in [0.3, 0.4) is 0 Å². The summed E-state index contributed by atoms with van der Waals surface area (Å²) >= 11 is 6.14. The van der Waals surface area contributed by atoms with Gasteiger partial charge in [0.05, 0.1) is 6.10 Å². The van der Waals surface area contributed by atoms with Gasteiger partial charge in [0.2, 0.25) is 0 Å². The Kier molecular flexibility index (Phi) is 6.34. The fourth-order valence-electron chi connectivity index (χ4n) is 1.45. The smallest absolute Gasteiger partial charge is 0.125 e. The van der Waals surface area contributed by atoms with Crippen molar-refractivity contribution in [1.82, 2.24) is 5.32 Å². The summed E-state index contributed by atoms with van der Waals surface area (Å²) in [5.41, 5.74) is 0.947. The van der Waals surface area contributed by atoms with Crippen LogP contribution in [0.25, 0.3) is 0 Å². The maximum Gasteiger partial charge on any atom is 0.125 e. The first-order valence-electron chi connectivity index (χ1n) is 5.94. The SMILES string of the molecule is CCCNCc1c(Cl)cccc1OCC(C)O. The maximum atomic E-state index is 9.21. The summed E-state index contributed by atoms with van der Waals surface area (Å²) in [4.78, 5) is 0. The second-order valence-corrected chi connectivity index (χ2v) is 4.46. The molecule has 4 heteroatoms. The molecular weight excluding hydrogens is 238 g/mol. The van der Waals surface area contributed by atoms with Gasteiger partial charge in [-0.05, 0) is 32.0 Å². The van der Waals surface area contributed by atoms with Crippen LogP contribution in [0.15, 0.2) is 18.2 Å². The lowest BCUT2D eigenvalue weighted by molar-refractivity contribution is 0.122. The Bertz CT molecular complexity index is 342. The number of aliphatic hydroxyl groups excluding tert-OH is 1. The summed E-state index contributed by atoms with van der Waals surface area (Å²) in [6.45, 7) is 5.72. The molecule has 1 unspecified atom stereocenters. The molecule has 96 valence electrons. The molecule has 1 atom stereocenters. The van der Waals surface area contributed by atoms with Crippen LogP contribution in [-0.2, 0) is 6.54 Å². The maximum absolute atomic E-state index is 9.21. The Labute approximate surface area is 108 Å². The predicted molar refractivity (Wildman–Crippen MR) is 70.6 cm³/mol. The minimum atomic E-state index is -0.481. The lowest BCUT2D eigenvalue weighted by Crippen LogP contribution is -2.17. The van der Waals surface area contributed by atoms with E-state index in [-0.39, 0.29) is 6.61 Å². The van der Waals surface area contributed by atoms with Crippen molar-refractivity contribution in [3.63, 3.8) is 0 Å². The lowest BCUT2D eigenvalue weighted by atomic mass is 10.2. The van der Waals surface area contributed by atoms with Crippen LogP contribution in [0.4, 0.5) is 0 Å². The van der Waals surface area contributed by atoms with Gasteiger partial charge in [-0.15, -0.1) is 0 Å². The molecule has 0 fully saturated rings. The van der Waals surface area contributed by atoms with Crippen LogP contribution >= 0.6 is 11.6 Å². The van der Waals surface area contributed by atoms with E-state index in [9.17, 15) is 5.11 Å². The fraction of sp³-hybridized carbons (Fsp3) is 0.538. The summed E-state index contributed by atoms with van der Waals surface area (Å²) in [7, 11) is 0. The third-order valence-electron chi connectivity index (χ3n) is 2.28. The Morgan fingerprint density at radius 3 is 2.88 bits per heavy atom. The summed E-state index contributed by atoms with van der Waals surface area (Å²) in [5.74, 6) is 0.738. The average molecular weight is 258 g/mol. The minimum absolute atomic E-state index is 0.279. The van der Waals surface area contributed by atoms with E-state index in [0.717, 1.165) is 24.3 Å². The molecule has 1 rings (SSSR count). The van der Waals surface area contributed by atoms with Gasteiger partial charge in [-0.3, -0.25) is 0 Å². The van der Waals surface area contributed by atoms with E-state index in [2.05, 4.69) is 12.2 Å². The van der Waals surface area contributed by atoms with Crippen LogP contribution in [0.5, 0.6) is 5.75 Å². The van der Waals surface area contributed by atoms with Crippen LogP contribution in [0, 0.1) is 0 Å². The van der Waals surface area contributed by atoms with Gasteiger partial charge in [-0.25, -0.2) is 0 Å². The molecule has 0 amide bonds. The Morgan fingerprint density at radius 2 is 2.24 bits per heavy atom. The monoisotopic (exact) mass is 257 g/mol. The third kappa shape index (κ3) is 4.94. The summed E-state index contributed by atoms with van der Waals surface area (Å²) in [5, 5.41) is 13.2. The molecular formula is C13H20ClNO2. The van der Waals surface area contributed by atoms with E-state index >= 15 is 0 Å². The van der Waals surface area contributed by atoms with Gasteiger partial charge in [-0.1, -0.05) is 24.6 Å². The van der Waals surface area contributed by atoms with Crippen LogP contribution in [0.2, 0.25) is 5.02 Å². The van der Waals surface area contributed by atoms with Gasteiger partial charge in [0.1, 0.15) is 12.4 Å². The highest BCUT2D eigenvalue weighted by atomic mass is 35.5. The van der Waals surface area contributed by atoms with Crippen LogP contribution < -0.4 is 10.1 Å². The molecule has 17 heavy (non-hydrogen) atoms. The average Bonchev–Trinajstić information content (AvgIpc) is 2.29. The fourth-order valence-corrected chi connectivity index (χ4v) is 1.68. The van der Waals surface area contributed by atoms with Crippen LogP contribution in [0.1, 0.15) is 25.8 Å². The number of ether oxygens (including phenoxy) is 1. The third-order valence-corrected chi connectivity index (χ3v) is 2.64. The molecule has 0 radical (unpaired) electrons. The Balaban J connectivity index is 2.69. The second kappa shape index (κ2) is 7.54. The van der Waals surface area contributed by atoms with Crippen molar-refractivity contribution in [2.75, 3.05) is 13.2 Å². The van der Waals surface area contributed by atoms with Crippen molar-refractivity contribution in [3.8, 4) is 5.75 Å². The molecule has 0 aromatic heterocycles. The van der Waals surface area contributed by atoms with Crippen molar-refractivity contribution >= 4 is 11.6 Å². The number of benzene rings is 1. The molecule has 0 bridgehead atoms. The van der Waals surface area contributed by atoms with E-state index in [0.29, 0.717) is 11.6 Å². The van der Waals surface area contributed by atoms with Gasteiger partial charge in [0, 0.05) is 17.1 Å². The van der Waals surface area contributed by atoms with E-state index in [4.69, 9.17) is 16.3 Å². The van der Waals surface area contributed by atoms with Gasteiger partial charge in [-0.2, -0.15) is 0 Å². The molecule has 3 nitrogen and oxygen atoms in total. The molecule has 0 spiro atoms. The lowest BCUT2D eigenvalue weighted by Gasteiger charge is -2.14. The van der Waals surface area contributed by atoms with Gasteiger partial charge >= 0.3 is 0 Å². The molecule has 0 saturated carbocycles. The zero-order valence-corrected chi connectivity index (χ0v) is 11.1. The quantitative estimate of drug-likeness (QED) is 0.738. The number of hydrogen-bond acceptors (Lipinski definition) is 3. The standard InChI is InChI=1S/C13H20ClNO2/c1-3-7-15-8-11-12(14)5-4-6-13(11)17-9-10(2)16/h4-6,10,15-16H,3,7-9H2,1-2H3. The molecule has 1 aromatic carbocycles. The number of rotatable bonds is 7. The molecule has 2 N–H and O–H groups in total. The van der Waals surface area contributed by atoms with Crippen molar-refractivity contribution in [2.24, 2.45) is 0 Å². The van der Waals surface area contributed by atoms with Crippen molar-refractivity contribution in [3.05, 3.63) is 28.8 Å². The normalized spacial score (nSPS) is 12.5. The zero-order chi connectivity index (χ0) is 12.7. The molecule has 0 aliphatic heterocycles. The highest BCUT2D eigenvalue weighted by Gasteiger charge is 2.08.